The predicted molar refractivity (Wildman–Crippen MR) is 64.0 cm³/mol. The van der Waals surface area contributed by atoms with Gasteiger partial charge in [-0.2, -0.15) is 0 Å². The highest BCUT2D eigenvalue weighted by molar-refractivity contribution is 6.33. The molecule has 0 aliphatic rings. The molecule has 0 heterocycles. The van der Waals surface area contributed by atoms with E-state index in [1.54, 1.807) is 0 Å². The first-order valence-corrected chi connectivity index (χ1v) is 5.24. The molecule has 0 saturated carbocycles. The second kappa shape index (κ2) is 5.71. The fourth-order valence-electron chi connectivity index (χ4n) is 1.28. The summed E-state index contributed by atoms with van der Waals surface area (Å²) in [7, 11) is 0. The lowest BCUT2D eigenvalue weighted by molar-refractivity contribution is 0.719. The molecule has 0 amide bonds. The number of hydrogen-bond acceptors (Lipinski definition) is 1. The van der Waals surface area contributed by atoms with Gasteiger partial charge in [-0.3, -0.25) is 0 Å². The Morgan fingerprint density at radius 1 is 1.50 bits per heavy atom. The molecule has 1 aromatic rings. The first-order chi connectivity index (χ1) is 6.74. The zero-order valence-electron chi connectivity index (χ0n) is 8.46. The molecule has 0 radical (unpaired) electrons. The predicted octanol–water partition coefficient (Wildman–Crippen LogP) is 4.11. The quantitative estimate of drug-likeness (QED) is 0.720. The normalized spacial score (nSPS) is 12.1. The van der Waals surface area contributed by atoms with Crippen molar-refractivity contribution in [2.75, 3.05) is 5.32 Å². The maximum atomic E-state index is 6.02. The van der Waals surface area contributed by atoms with Crippen LogP contribution in [-0.4, -0.2) is 6.04 Å². The Bertz CT molecular complexity index is 296. The van der Waals surface area contributed by atoms with E-state index in [1.165, 1.54) is 0 Å². The second-order valence-electron chi connectivity index (χ2n) is 3.39. The number of allylic oxidation sites excluding steroid dienone is 1. The molecule has 0 aliphatic heterocycles. The molecule has 0 spiro atoms. The van der Waals surface area contributed by atoms with Gasteiger partial charge in [0.25, 0.3) is 0 Å². The van der Waals surface area contributed by atoms with Crippen molar-refractivity contribution in [1.82, 2.24) is 0 Å². The van der Waals surface area contributed by atoms with Crippen molar-refractivity contribution in [1.29, 1.82) is 0 Å². The van der Waals surface area contributed by atoms with Crippen LogP contribution < -0.4 is 5.32 Å². The fourth-order valence-corrected chi connectivity index (χ4v) is 1.47. The number of nitrogens with one attached hydrogen (secondary N) is 1. The summed E-state index contributed by atoms with van der Waals surface area (Å²) in [6.07, 6.45) is 4.04. The van der Waals surface area contributed by atoms with Crippen molar-refractivity contribution in [2.45, 2.75) is 25.8 Å². The van der Waals surface area contributed by atoms with Crippen LogP contribution in [0.4, 0.5) is 5.69 Å². The van der Waals surface area contributed by atoms with Crippen LogP contribution in [0.2, 0.25) is 5.02 Å². The van der Waals surface area contributed by atoms with Crippen LogP contribution >= 0.6 is 11.6 Å². The summed E-state index contributed by atoms with van der Waals surface area (Å²) in [5.74, 6) is 0. The molecule has 1 rings (SSSR count). The van der Waals surface area contributed by atoms with Crippen LogP contribution in [0.25, 0.3) is 0 Å². The Morgan fingerprint density at radius 3 is 2.86 bits per heavy atom. The van der Waals surface area contributed by atoms with Gasteiger partial charge in [0.1, 0.15) is 0 Å². The van der Waals surface area contributed by atoms with Crippen molar-refractivity contribution in [3.05, 3.63) is 41.9 Å². The lowest BCUT2D eigenvalue weighted by Crippen LogP contribution is -2.14. The molecule has 0 aromatic heterocycles. The molecule has 76 valence electrons. The average molecular weight is 210 g/mol. The highest BCUT2D eigenvalue weighted by Crippen LogP contribution is 2.21. The molecular formula is C12H16ClN. The van der Waals surface area contributed by atoms with Crippen LogP contribution in [0.3, 0.4) is 0 Å². The number of rotatable bonds is 5. The van der Waals surface area contributed by atoms with E-state index in [4.69, 9.17) is 11.6 Å². The molecule has 1 N–H and O–H groups in total. The summed E-state index contributed by atoms with van der Waals surface area (Å²) in [6.45, 7) is 5.85. The molecule has 1 atom stereocenters. The number of para-hydroxylation sites is 1. The Kier molecular flexibility index (Phi) is 4.54. The number of hydrogen-bond donors (Lipinski definition) is 1. The highest BCUT2D eigenvalue weighted by atomic mass is 35.5. The van der Waals surface area contributed by atoms with Gasteiger partial charge in [0.2, 0.25) is 0 Å². The molecule has 14 heavy (non-hydrogen) atoms. The van der Waals surface area contributed by atoms with E-state index in [9.17, 15) is 0 Å². The van der Waals surface area contributed by atoms with Gasteiger partial charge in [-0.05, 0) is 31.9 Å². The van der Waals surface area contributed by atoms with Gasteiger partial charge in [0, 0.05) is 6.04 Å². The molecule has 0 saturated heterocycles. The van der Waals surface area contributed by atoms with Crippen molar-refractivity contribution in [3.63, 3.8) is 0 Å². The van der Waals surface area contributed by atoms with Gasteiger partial charge < -0.3 is 5.32 Å². The lowest BCUT2D eigenvalue weighted by atomic mass is 10.1. The molecule has 2 heteroatoms. The average Bonchev–Trinajstić information content (AvgIpc) is 2.18. The summed E-state index contributed by atoms with van der Waals surface area (Å²) < 4.78 is 0. The van der Waals surface area contributed by atoms with Gasteiger partial charge in [-0.25, -0.2) is 0 Å². The smallest absolute Gasteiger partial charge is 0.0637 e. The maximum Gasteiger partial charge on any atom is 0.0637 e. The SMILES string of the molecule is C=CCCC(C)Nc1ccccc1Cl. The third-order valence-electron chi connectivity index (χ3n) is 2.08. The zero-order valence-corrected chi connectivity index (χ0v) is 9.22. The van der Waals surface area contributed by atoms with Crippen molar-refractivity contribution in [2.24, 2.45) is 0 Å². The van der Waals surface area contributed by atoms with Gasteiger partial charge in [0.05, 0.1) is 10.7 Å². The lowest BCUT2D eigenvalue weighted by Gasteiger charge is -2.15. The van der Waals surface area contributed by atoms with Crippen LogP contribution in [0.15, 0.2) is 36.9 Å². The maximum absolute atomic E-state index is 6.02. The molecule has 0 fully saturated rings. The summed E-state index contributed by atoms with van der Waals surface area (Å²) in [6, 6.07) is 8.22. The largest absolute Gasteiger partial charge is 0.381 e. The minimum atomic E-state index is 0.424. The summed E-state index contributed by atoms with van der Waals surface area (Å²) in [5.41, 5.74) is 1.01. The third-order valence-corrected chi connectivity index (χ3v) is 2.41. The monoisotopic (exact) mass is 209 g/mol. The fraction of sp³-hybridized carbons (Fsp3) is 0.333. The highest BCUT2D eigenvalue weighted by Gasteiger charge is 2.02. The van der Waals surface area contributed by atoms with E-state index in [1.807, 2.05) is 30.3 Å². The van der Waals surface area contributed by atoms with E-state index in [2.05, 4.69) is 18.8 Å². The molecule has 1 unspecified atom stereocenters. The minimum absolute atomic E-state index is 0.424. The molecular weight excluding hydrogens is 194 g/mol. The van der Waals surface area contributed by atoms with E-state index < -0.39 is 0 Å². The van der Waals surface area contributed by atoms with Crippen LogP contribution in [0.5, 0.6) is 0 Å². The first-order valence-electron chi connectivity index (χ1n) is 4.86. The standard InChI is InChI=1S/C12H16ClN/c1-3-4-7-10(2)14-12-9-6-5-8-11(12)13/h3,5-6,8-10,14H,1,4,7H2,2H3. The summed E-state index contributed by atoms with van der Waals surface area (Å²) >= 11 is 6.02. The van der Waals surface area contributed by atoms with Crippen LogP contribution in [0, 0.1) is 0 Å². The molecule has 0 aliphatic carbocycles. The Morgan fingerprint density at radius 2 is 2.21 bits per heavy atom. The van der Waals surface area contributed by atoms with E-state index in [0.29, 0.717) is 6.04 Å². The van der Waals surface area contributed by atoms with E-state index >= 15 is 0 Å². The van der Waals surface area contributed by atoms with Crippen LogP contribution in [0.1, 0.15) is 19.8 Å². The van der Waals surface area contributed by atoms with Gasteiger partial charge in [-0.15, -0.1) is 6.58 Å². The number of anilines is 1. The topological polar surface area (TPSA) is 12.0 Å². The van der Waals surface area contributed by atoms with E-state index in [0.717, 1.165) is 23.6 Å². The molecule has 0 bridgehead atoms. The van der Waals surface area contributed by atoms with Gasteiger partial charge in [-0.1, -0.05) is 29.8 Å². The van der Waals surface area contributed by atoms with Crippen molar-refractivity contribution in [3.8, 4) is 0 Å². The van der Waals surface area contributed by atoms with Crippen molar-refractivity contribution < 1.29 is 0 Å². The Labute approximate surface area is 90.8 Å². The zero-order chi connectivity index (χ0) is 10.4. The number of benzene rings is 1. The second-order valence-corrected chi connectivity index (χ2v) is 3.80. The van der Waals surface area contributed by atoms with Crippen LogP contribution in [-0.2, 0) is 0 Å². The van der Waals surface area contributed by atoms with Gasteiger partial charge >= 0.3 is 0 Å². The van der Waals surface area contributed by atoms with Gasteiger partial charge in [0.15, 0.2) is 0 Å². The first kappa shape index (κ1) is 11.1. The Balaban J connectivity index is 2.51. The minimum Gasteiger partial charge on any atom is -0.381 e. The molecule has 1 aromatic carbocycles. The van der Waals surface area contributed by atoms with E-state index in [-0.39, 0.29) is 0 Å². The van der Waals surface area contributed by atoms with Crippen molar-refractivity contribution >= 4 is 17.3 Å². The summed E-state index contributed by atoms with van der Waals surface area (Å²) in [4.78, 5) is 0. The molecule has 1 nitrogen and oxygen atoms in total. The Hall–Kier alpha value is -0.950. The third kappa shape index (κ3) is 3.43. The summed E-state index contributed by atoms with van der Waals surface area (Å²) in [5, 5.41) is 4.14. The number of halogens is 1.